The topological polar surface area (TPSA) is 35.2 Å². The molecule has 0 aliphatic carbocycles. The fraction of sp³-hybridized carbons (Fsp3) is 0.571. The number of benzene rings is 1. The van der Waals surface area contributed by atoms with Gasteiger partial charge in [0.05, 0.1) is 6.10 Å². The van der Waals surface area contributed by atoms with Crippen LogP contribution in [0, 0.1) is 0 Å². The molecule has 0 amide bonds. The molecule has 1 aliphatic heterocycles. The lowest BCUT2D eigenvalue weighted by Gasteiger charge is -2.24. The third-order valence-electron chi connectivity index (χ3n) is 3.39. The number of nitrogens with two attached hydrogens (primary N) is 1. The zero-order valence-electron chi connectivity index (χ0n) is 10.5. The predicted octanol–water partition coefficient (Wildman–Crippen LogP) is 2.99. The Morgan fingerprint density at radius 2 is 2.06 bits per heavy atom. The first-order chi connectivity index (χ1) is 8.18. The molecule has 0 aromatic heterocycles. The molecular formula is C14H21NOS. The van der Waals surface area contributed by atoms with E-state index in [2.05, 4.69) is 26.0 Å². The van der Waals surface area contributed by atoms with Crippen LogP contribution in [0.2, 0.25) is 0 Å². The fourth-order valence-electron chi connectivity index (χ4n) is 2.20. The lowest BCUT2D eigenvalue weighted by molar-refractivity contribution is 0.127. The van der Waals surface area contributed by atoms with E-state index in [1.807, 2.05) is 30.0 Å². The van der Waals surface area contributed by atoms with E-state index < -0.39 is 0 Å². The van der Waals surface area contributed by atoms with Crippen LogP contribution in [0.15, 0.2) is 30.3 Å². The Morgan fingerprint density at radius 1 is 1.35 bits per heavy atom. The molecule has 1 fully saturated rings. The molecule has 1 aliphatic rings. The van der Waals surface area contributed by atoms with Crippen LogP contribution in [0.4, 0.5) is 0 Å². The van der Waals surface area contributed by atoms with Crippen LogP contribution in [0.1, 0.15) is 31.9 Å². The number of hydrogen-bond acceptors (Lipinski definition) is 3. The minimum absolute atomic E-state index is 0.106. The molecule has 17 heavy (non-hydrogen) atoms. The van der Waals surface area contributed by atoms with Gasteiger partial charge >= 0.3 is 0 Å². The summed E-state index contributed by atoms with van der Waals surface area (Å²) in [6.45, 7) is 5.27. The minimum atomic E-state index is 0.106. The van der Waals surface area contributed by atoms with Crippen molar-refractivity contribution in [1.29, 1.82) is 0 Å². The monoisotopic (exact) mass is 251 g/mol. The standard InChI is InChI=1S/C14H21NOS/c1-10-13(8-9-16-10)17-11(2)14(15)12-6-4-3-5-7-12/h3-7,10-11,13-14H,8-9,15H2,1-2H3. The molecule has 1 heterocycles. The van der Waals surface area contributed by atoms with Gasteiger partial charge in [-0.2, -0.15) is 11.8 Å². The molecule has 1 saturated heterocycles. The van der Waals surface area contributed by atoms with E-state index in [4.69, 9.17) is 10.5 Å². The Hall–Kier alpha value is -0.510. The van der Waals surface area contributed by atoms with E-state index in [1.54, 1.807) is 0 Å². The molecular weight excluding hydrogens is 230 g/mol. The summed E-state index contributed by atoms with van der Waals surface area (Å²) in [5.74, 6) is 0. The summed E-state index contributed by atoms with van der Waals surface area (Å²) in [5.41, 5.74) is 7.52. The minimum Gasteiger partial charge on any atom is -0.377 e. The van der Waals surface area contributed by atoms with Gasteiger partial charge < -0.3 is 10.5 Å². The van der Waals surface area contributed by atoms with Gasteiger partial charge in [-0.3, -0.25) is 0 Å². The molecule has 2 rings (SSSR count). The van der Waals surface area contributed by atoms with E-state index in [0.29, 0.717) is 16.6 Å². The fourth-order valence-corrected chi connectivity index (χ4v) is 3.61. The van der Waals surface area contributed by atoms with Gasteiger partial charge in [-0.25, -0.2) is 0 Å². The highest BCUT2D eigenvalue weighted by Gasteiger charge is 2.28. The van der Waals surface area contributed by atoms with E-state index in [9.17, 15) is 0 Å². The van der Waals surface area contributed by atoms with Crippen LogP contribution in [-0.2, 0) is 4.74 Å². The molecule has 0 spiro atoms. The van der Waals surface area contributed by atoms with Crippen molar-refractivity contribution in [3.05, 3.63) is 35.9 Å². The van der Waals surface area contributed by atoms with Gasteiger partial charge in [0.2, 0.25) is 0 Å². The third kappa shape index (κ3) is 3.24. The van der Waals surface area contributed by atoms with Crippen molar-refractivity contribution in [3.63, 3.8) is 0 Å². The largest absolute Gasteiger partial charge is 0.377 e. The highest BCUT2D eigenvalue weighted by atomic mass is 32.2. The predicted molar refractivity (Wildman–Crippen MR) is 74.2 cm³/mol. The number of rotatable bonds is 4. The lowest BCUT2D eigenvalue weighted by Crippen LogP contribution is -2.25. The Labute approximate surface area is 108 Å². The average molecular weight is 251 g/mol. The van der Waals surface area contributed by atoms with Crippen molar-refractivity contribution in [2.24, 2.45) is 5.73 Å². The van der Waals surface area contributed by atoms with Gasteiger partial charge in [0.1, 0.15) is 0 Å². The van der Waals surface area contributed by atoms with E-state index >= 15 is 0 Å². The summed E-state index contributed by atoms with van der Waals surface area (Å²) in [5, 5.41) is 1.02. The van der Waals surface area contributed by atoms with Crippen LogP contribution in [0.25, 0.3) is 0 Å². The normalized spacial score (nSPS) is 27.9. The Bertz CT molecular complexity index is 343. The summed E-state index contributed by atoms with van der Waals surface area (Å²) in [6.07, 6.45) is 1.52. The molecule has 0 radical (unpaired) electrons. The molecule has 2 nitrogen and oxygen atoms in total. The Morgan fingerprint density at radius 3 is 2.65 bits per heavy atom. The molecule has 0 saturated carbocycles. The maximum Gasteiger partial charge on any atom is 0.0666 e. The number of thioether (sulfide) groups is 1. The third-order valence-corrected chi connectivity index (χ3v) is 5.08. The van der Waals surface area contributed by atoms with Crippen molar-refractivity contribution in [1.82, 2.24) is 0 Å². The van der Waals surface area contributed by atoms with Crippen molar-refractivity contribution < 1.29 is 4.74 Å². The second-order valence-corrected chi connectivity index (χ2v) is 6.30. The smallest absolute Gasteiger partial charge is 0.0666 e. The van der Waals surface area contributed by atoms with Crippen molar-refractivity contribution in [2.75, 3.05) is 6.61 Å². The molecule has 3 heteroatoms. The second kappa shape index (κ2) is 5.89. The zero-order valence-corrected chi connectivity index (χ0v) is 11.3. The SMILES string of the molecule is CC1OCCC1SC(C)C(N)c1ccccc1. The molecule has 1 aromatic rings. The van der Waals surface area contributed by atoms with Crippen LogP contribution in [-0.4, -0.2) is 23.2 Å². The van der Waals surface area contributed by atoms with Crippen molar-refractivity contribution >= 4 is 11.8 Å². The Kier molecular flexibility index (Phi) is 4.48. The van der Waals surface area contributed by atoms with Gasteiger partial charge in [0.25, 0.3) is 0 Å². The maximum absolute atomic E-state index is 6.30. The summed E-state index contributed by atoms with van der Waals surface area (Å²) < 4.78 is 5.59. The number of hydrogen-bond donors (Lipinski definition) is 1. The summed E-state index contributed by atoms with van der Waals surface area (Å²) in [6, 6.07) is 10.4. The van der Waals surface area contributed by atoms with Crippen molar-refractivity contribution in [3.8, 4) is 0 Å². The van der Waals surface area contributed by atoms with E-state index in [0.717, 1.165) is 13.0 Å². The maximum atomic E-state index is 6.30. The van der Waals surface area contributed by atoms with Gasteiger partial charge in [-0.15, -0.1) is 0 Å². The molecule has 94 valence electrons. The highest BCUT2D eigenvalue weighted by molar-refractivity contribution is 8.00. The van der Waals surface area contributed by atoms with Crippen molar-refractivity contribution in [2.45, 2.75) is 42.9 Å². The van der Waals surface area contributed by atoms with Gasteiger partial charge in [0.15, 0.2) is 0 Å². The van der Waals surface area contributed by atoms with Crippen LogP contribution >= 0.6 is 11.8 Å². The van der Waals surface area contributed by atoms with Crippen LogP contribution in [0.3, 0.4) is 0 Å². The van der Waals surface area contributed by atoms with Crippen LogP contribution in [0.5, 0.6) is 0 Å². The zero-order chi connectivity index (χ0) is 12.3. The van der Waals surface area contributed by atoms with Crippen LogP contribution < -0.4 is 5.73 Å². The quantitative estimate of drug-likeness (QED) is 0.893. The lowest BCUT2D eigenvalue weighted by atomic mass is 10.1. The molecule has 0 bridgehead atoms. The van der Waals surface area contributed by atoms with E-state index in [-0.39, 0.29) is 6.04 Å². The number of ether oxygens (including phenoxy) is 1. The van der Waals surface area contributed by atoms with E-state index in [1.165, 1.54) is 5.56 Å². The molecule has 2 N–H and O–H groups in total. The summed E-state index contributed by atoms with van der Waals surface area (Å²) in [4.78, 5) is 0. The summed E-state index contributed by atoms with van der Waals surface area (Å²) >= 11 is 1.97. The van der Waals surface area contributed by atoms with Gasteiger partial charge in [-0.05, 0) is 18.9 Å². The summed E-state index contributed by atoms with van der Waals surface area (Å²) in [7, 11) is 0. The van der Waals surface area contributed by atoms with Gasteiger partial charge in [-0.1, -0.05) is 37.3 Å². The van der Waals surface area contributed by atoms with Gasteiger partial charge in [0, 0.05) is 23.1 Å². The molecule has 4 atom stereocenters. The first-order valence-electron chi connectivity index (χ1n) is 6.26. The first-order valence-corrected chi connectivity index (χ1v) is 7.20. The molecule has 1 aromatic carbocycles. The average Bonchev–Trinajstić information content (AvgIpc) is 2.75. The first kappa shape index (κ1) is 12.9. The second-order valence-electron chi connectivity index (χ2n) is 4.68. The molecule has 4 unspecified atom stereocenters. The Balaban J connectivity index is 1.93. The highest BCUT2D eigenvalue weighted by Crippen LogP contribution is 2.34.